The van der Waals surface area contributed by atoms with E-state index in [-0.39, 0.29) is 6.10 Å². The number of hydrogen-bond acceptors (Lipinski definition) is 3. The molecular formula is C29H46N2O. The molecule has 178 valence electrons. The van der Waals surface area contributed by atoms with Crippen LogP contribution in [0.3, 0.4) is 0 Å². The minimum atomic E-state index is -0.177. The molecule has 0 fully saturated rings. The van der Waals surface area contributed by atoms with Gasteiger partial charge in [0.1, 0.15) is 0 Å². The van der Waals surface area contributed by atoms with Crippen LogP contribution < -0.4 is 0 Å². The first-order valence-electron chi connectivity index (χ1n) is 13.3. The van der Waals surface area contributed by atoms with Crippen LogP contribution in [0.25, 0.3) is 11.4 Å². The van der Waals surface area contributed by atoms with E-state index in [4.69, 9.17) is 0 Å². The lowest BCUT2D eigenvalue weighted by molar-refractivity contribution is 0.151. The number of aliphatic hydroxyl groups is 1. The Kier molecular flexibility index (Phi) is 13.9. The standard InChI is InChI=1S/C29H46N2O/c1-3-5-7-9-11-13-15-26-23-30-29(31-24-26)27-20-17-25(18-21-27)19-22-28(32)16-14-12-10-8-6-4-2/h17-18,20-21,23-24,28,32H,3-16,19,22H2,1-2H3/t28-/m1/s1. The molecular weight excluding hydrogens is 392 g/mol. The molecule has 2 rings (SSSR count). The molecule has 0 saturated heterocycles. The second kappa shape index (κ2) is 16.8. The Bertz CT molecular complexity index is 696. The molecule has 1 N–H and O–H groups in total. The number of aromatic nitrogens is 2. The number of unbranched alkanes of at least 4 members (excludes halogenated alkanes) is 10. The Morgan fingerprint density at radius 2 is 1.19 bits per heavy atom. The SMILES string of the molecule is CCCCCCCCc1cnc(-c2ccc(CC[C@H](O)CCCCCCCC)cc2)nc1. The van der Waals surface area contributed by atoms with Gasteiger partial charge in [-0.3, -0.25) is 0 Å². The van der Waals surface area contributed by atoms with Crippen LogP contribution >= 0.6 is 0 Å². The maximum Gasteiger partial charge on any atom is 0.159 e. The molecule has 0 amide bonds. The van der Waals surface area contributed by atoms with Gasteiger partial charge in [-0.1, -0.05) is 109 Å². The van der Waals surface area contributed by atoms with Crippen LogP contribution in [-0.2, 0) is 12.8 Å². The fraction of sp³-hybridized carbons (Fsp3) is 0.655. The zero-order valence-electron chi connectivity index (χ0n) is 20.7. The van der Waals surface area contributed by atoms with Crippen molar-refractivity contribution in [2.45, 2.75) is 123 Å². The monoisotopic (exact) mass is 438 g/mol. The Morgan fingerprint density at radius 3 is 1.81 bits per heavy atom. The zero-order valence-corrected chi connectivity index (χ0v) is 20.7. The highest BCUT2D eigenvalue weighted by atomic mass is 16.3. The van der Waals surface area contributed by atoms with E-state index in [0.29, 0.717) is 0 Å². The molecule has 2 aromatic rings. The molecule has 0 aliphatic heterocycles. The summed E-state index contributed by atoms with van der Waals surface area (Å²) in [4.78, 5) is 9.18. The Hall–Kier alpha value is -1.74. The molecule has 1 atom stereocenters. The highest BCUT2D eigenvalue weighted by Gasteiger charge is 2.06. The molecule has 1 heterocycles. The van der Waals surface area contributed by atoms with Crippen molar-refractivity contribution in [2.24, 2.45) is 0 Å². The minimum absolute atomic E-state index is 0.177. The molecule has 0 bridgehead atoms. The van der Waals surface area contributed by atoms with Crippen molar-refractivity contribution in [2.75, 3.05) is 0 Å². The summed E-state index contributed by atoms with van der Waals surface area (Å²) in [6.07, 6.45) is 23.2. The highest BCUT2D eigenvalue weighted by molar-refractivity contribution is 5.55. The van der Waals surface area contributed by atoms with Crippen LogP contribution in [0, 0.1) is 0 Å². The van der Waals surface area contributed by atoms with E-state index in [0.717, 1.165) is 43.5 Å². The molecule has 0 aliphatic carbocycles. The van der Waals surface area contributed by atoms with E-state index in [1.807, 2.05) is 12.4 Å². The van der Waals surface area contributed by atoms with Gasteiger partial charge in [0.2, 0.25) is 0 Å². The van der Waals surface area contributed by atoms with Crippen LogP contribution in [-0.4, -0.2) is 21.2 Å². The van der Waals surface area contributed by atoms with Gasteiger partial charge in [-0.15, -0.1) is 0 Å². The van der Waals surface area contributed by atoms with Crippen LogP contribution in [0.15, 0.2) is 36.7 Å². The smallest absolute Gasteiger partial charge is 0.159 e. The molecule has 32 heavy (non-hydrogen) atoms. The lowest BCUT2D eigenvalue weighted by Gasteiger charge is -2.11. The van der Waals surface area contributed by atoms with Crippen molar-refractivity contribution in [3.8, 4) is 11.4 Å². The maximum atomic E-state index is 10.3. The normalized spacial score (nSPS) is 12.2. The van der Waals surface area contributed by atoms with Crippen LogP contribution in [0.1, 0.15) is 115 Å². The lowest BCUT2D eigenvalue weighted by atomic mass is 10.0. The Labute approximate surface area is 197 Å². The molecule has 1 aromatic heterocycles. The van der Waals surface area contributed by atoms with E-state index in [1.165, 1.54) is 81.8 Å². The minimum Gasteiger partial charge on any atom is -0.393 e. The van der Waals surface area contributed by atoms with E-state index in [1.54, 1.807) is 0 Å². The Balaban J connectivity index is 1.67. The van der Waals surface area contributed by atoms with Gasteiger partial charge in [-0.05, 0) is 43.2 Å². The molecule has 3 heteroatoms. The summed E-state index contributed by atoms with van der Waals surface area (Å²) in [5.41, 5.74) is 3.57. The van der Waals surface area contributed by atoms with Crippen molar-refractivity contribution in [1.29, 1.82) is 0 Å². The van der Waals surface area contributed by atoms with Gasteiger partial charge in [0.15, 0.2) is 5.82 Å². The average molecular weight is 439 g/mol. The lowest BCUT2D eigenvalue weighted by Crippen LogP contribution is -2.07. The third-order valence-electron chi connectivity index (χ3n) is 6.39. The fourth-order valence-corrected chi connectivity index (χ4v) is 4.20. The summed E-state index contributed by atoms with van der Waals surface area (Å²) in [6, 6.07) is 8.52. The predicted octanol–water partition coefficient (Wildman–Crippen LogP) is 8.09. The number of aliphatic hydroxyl groups excluding tert-OH is 1. The maximum absolute atomic E-state index is 10.3. The Morgan fingerprint density at radius 1 is 0.625 bits per heavy atom. The van der Waals surface area contributed by atoms with Gasteiger partial charge in [0.05, 0.1) is 6.10 Å². The second-order valence-corrected chi connectivity index (χ2v) is 9.38. The van der Waals surface area contributed by atoms with Crippen LogP contribution in [0.5, 0.6) is 0 Å². The topological polar surface area (TPSA) is 46.0 Å². The first kappa shape index (κ1) is 26.5. The van der Waals surface area contributed by atoms with Gasteiger partial charge >= 0.3 is 0 Å². The number of benzene rings is 1. The molecule has 0 spiro atoms. The molecule has 0 aliphatic rings. The number of nitrogens with zero attached hydrogens (tertiary/aromatic N) is 2. The molecule has 3 nitrogen and oxygen atoms in total. The first-order chi connectivity index (χ1) is 15.7. The number of aryl methyl sites for hydroxylation is 2. The molecule has 1 aromatic carbocycles. The van der Waals surface area contributed by atoms with Crippen molar-refractivity contribution in [3.05, 3.63) is 47.8 Å². The highest BCUT2D eigenvalue weighted by Crippen LogP contribution is 2.18. The summed E-state index contributed by atoms with van der Waals surface area (Å²) < 4.78 is 0. The average Bonchev–Trinajstić information content (AvgIpc) is 2.83. The van der Waals surface area contributed by atoms with Gasteiger partial charge in [-0.25, -0.2) is 9.97 Å². The van der Waals surface area contributed by atoms with Crippen molar-refractivity contribution >= 4 is 0 Å². The number of rotatable bonds is 18. The molecule has 0 unspecified atom stereocenters. The van der Waals surface area contributed by atoms with Gasteiger partial charge in [0.25, 0.3) is 0 Å². The van der Waals surface area contributed by atoms with Crippen molar-refractivity contribution in [1.82, 2.24) is 9.97 Å². The molecule has 0 saturated carbocycles. The predicted molar refractivity (Wildman–Crippen MR) is 137 cm³/mol. The summed E-state index contributed by atoms with van der Waals surface area (Å²) in [6.45, 7) is 4.51. The summed E-state index contributed by atoms with van der Waals surface area (Å²) >= 11 is 0. The van der Waals surface area contributed by atoms with E-state index in [9.17, 15) is 5.11 Å². The number of hydrogen-bond donors (Lipinski definition) is 1. The van der Waals surface area contributed by atoms with E-state index < -0.39 is 0 Å². The van der Waals surface area contributed by atoms with E-state index >= 15 is 0 Å². The summed E-state index contributed by atoms with van der Waals surface area (Å²) in [5.74, 6) is 0.798. The summed E-state index contributed by atoms with van der Waals surface area (Å²) in [7, 11) is 0. The van der Waals surface area contributed by atoms with E-state index in [2.05, 4.69) is 48.1 Å². The van der Waals surface area contributed by atoms with Gasteiger partial charge in [0, 0.05) is 18.0 Å². The fourth-order valence-electron chi connectivity index (χ4n) is 4.20. The third kappa shape index (κ3) is 11.2. The zero-order chi connectivity index (χ0) is 22.9. The molecule has 0 radical (unpaired) electrons. The van der Waals surface area contributed by atoms with Crippen molar-refractivity contribution < 1.29 is 5.11 Å². The summed E-state index contributed by atoms with van der Waals surface area (Å²) in [5, 5.41) is 10.3. The van der Waals surface area contributed by atoms with Crippen LogP contribution in [0.2, 0.25) is 0 Å². The quantitative estimate of drug-likeness (QED) is 0.239. The van der Waals surface area contributed by atoms with Crippen molar-refractivity contribution in [3.63, 3.8) is 0 Å². The first-order valence-corrected chi connectivity index (χ1v) is 13.3. The van der Waals surface area contributed by atoms with Gasteiger partial charge in [-0.2, -0.15) is 0 Å². The third-order valence-corrected chi connectivity index (χ3v) is 6.39. The largest absolute Gasteiger partial charge is 0.393 e. The van der Waals surface area contributed by atoms with Gasteiger partial charge < -0.3 is 5.11 Å². The van der Waals surface area contributed by atoms with Crippen LogP contribution in [0.4, 0.5) is 0 Å². The second-order valence-electron chi connectivity index (χ2n) is 9.38.